The minimum absolute atomic E-state index is 0.444. The monoisotopic (exact) mass is 277 g/mol. The minimum atomic E-state index is 0.444. The first kappa shape index (κ1) is 12.6. The van der Waals surface area contributed by atoms with E-state index < -0.39 is 0 Å². The quantitative estimate of drug-likeness (QED) is 0.768. The van der Waals surface area contributed by atoms with Gasteiger partial charge in [-0.1, -0.05) is 36.4 Å². The van der Waals surface area contributed by atoms with Gasteiger partial charge < -0.3 is 4.98 Å². The first-order chi connectivity index (χ1) is 10.3. The average Bonchev–Trinajstić information content (AvgIpc) is 3.15. The van der Waals surface area contributed by atoms with Crippen molar-refractivity contribution in [2.24, 2.45) is 0 Å². The van der Waals surface area contributed by atoms with Crippen LogP contribution in [0, 0.1) is 0 Å². The average molecular weight is 277 g/mol. The molecule has 106 valence electrons. The maximum absolute atomic E-state index is 4.61. The Balaban J connectivity index is 1.70. The van der Waals surface area contributed by atoms with Crippen molar-refractivity contribution in [2.75, 3.05) is 13.6 Å². The summed E-state index contributed by atoms with van der Waals surface area (Å²) in [7, 11) is 2.18. The lowest BCUT2D eigenvalue weighted by molar-refractivity contribution is 0.307. The van der Waals surface area contributed by atoms with Gasteiger partial charge in [0.25, 0.3) is 0 Å². The van der Waals surface area contributed by atoms with Crippen molar-refractivity contribution in [1.82, 2.24) is 14.9 Å². The first-order valence-electron chi connectivity index (χ1n) is 7.55. The number of hydrogen-bond donors (Lipinski definition) is 1. The van der Waals surface area contributed by atoms with Crippen molar-refractivity contribution in [3.63, 3.8) is 0 Å². The Morgan fingerprint density at radius 1 is 1.14 bits per heavy atom. The Labute approximate surface area is 124 Å². The van der Waals surface area contributed by atoms with Crippen LogP contribution < -0.4 is 0 Å². The maximum Gasteiger partial charge on any atom is 0.123 e. The molecule has 0 radical (unpaired) electrons. The second kappa shape index (κ2) is 5.01. The standard InChI is InChI=1S/C18H19N3/c1-21-10-4-7-17(21)18-19-12-16(20-18)15-9-8-13-5-2-3-6-14(13)11-15/h2-3,5-6,8-9,11-12,17H,4,7,10H2,1H3,(H,19,20)/t17-/m0/s1. The van der Waals surface area contributed by atoms with E-state index in [1.54, 1.807) is 0 Å². The SMILES string of the molecule is CN1CCC[C@H]1c1ncc(-c2ccc3ccccc3c2)[nH]1. The molecule has 1 atom stereocenters. The number of aromatic amines is 1. The Kier molecular flexibility index (Phi) is 3.00. The molecule has 0 unspecified atom stereocenters. The number of likely N-dealkylation sites (tertiary alicyclic amines) is 1. The Bertz CT molecular complexity index is 775. The van der Waals surface area contributed by atoms with Crippen molar-refractivity contribution in [3.05, 3.63) is 54.5 Å². The molecule has 2 heterocycles. The topological polar surface area (TPSA) is 31.9 Å². The van der Waals surface area contributed by atoms with Gasteiger partial charge >= 0.3 is 0 Å². The molecule has 2 aromatic carbocycles. The molecule has 3 aromatic rings. The van der Waals surface area contributed by atoms with Crippen LogP contribution in [-0.4, -0.2) is 28.5 Å². The molecule has 1 N–H and O–H groups in total. The fourth-order valence-electron chi connectivity index (χ4n) is 3.27. The highest BCUT2D eigenvalue weighted by Crippen LogP contribution is 2.30. The van der Waals surface area contributed by atoms with Gasteiger partial charge in [0.05, 0.1) is 17.9 Å². The lowest BCUT2D eigenvalue weighted by Crippen LogP contribution is -2.18. The molecule has 4 rings (SSSR count). The number of nitrogens with one attached hydrogen (secondary N) is 1. The van der Waals surface area contributed by atoms with E-state index in [0.29, 0.717) is 6.04 Å². The van der Waals surface area contributed by atoms with Crippen LogP contribution in [0.4, 0.5) is 0 Å². The number of nitrogens with zero attached hydrogens (tertiary/aromatic N) is 2. The zero-order chi connectivity index (χ0) is 14.2. The molecule has 0 saturated carbocycles. The van der Waals surface area contributed by atoms with E-state index in [2.05, 4.69) is 64.4 Å². The molecule has 1 aromatic heterocycles. The molecule has 0 aliphatic carbocycles. The number of aromatic nitrogens is 2. The molecule has 1 aliphatic rings. The van der Waals surface area contributed by atoms with Crippen LogP contribution in [-0.2, 0) is 0 Å². The third kappa shape index (κ3) is 2.24. The highest BCUT2D eigenvalue weighted by atomic mass is 15.2. The normalized spacial score (nSPS) is 19.4. The molecule has 0 spiro atoms. The zero-order valence-electron chi connectivity index (χ0n) is 12.2. The van der Waals surface area contributed by atoms with E-state index in [4.69, 9.17) is 0 Å². The third-order valence-electron chi connectivity index (χ3n) is 4.49. The first-order valence-corrected chi connectivity index (χ1v) is 7.55. The van der Waals surface area contributed by atoms with E-state index >= 15 is 0 Å². The number of H-pyrrole nitrogens is 1. The highest BCUT2D eigenvalue weighted by Gasteiger charge is 2.25. The van der Waals surface area contributed by atoms with Crippen LogP contribution in [0.25, 0.3) is 22.0 Å². The van der Waals surface area contributed by atoms with E-state index in [0.717, 1.165) is 18.1 Å². The van der Waals surface area contributed by atoms with Crippen LogP contribution >= 0.6 is 0 Å². The summed E-state index contributed by atoms with van der Waals surface area (Å²) in [5, 5.41) is 2.54. The van der Waals surface area contributed by atoms with Crippen molar-refractivity contribution >= 4 is 10.8 Å². The molecule has 0 bridgehead atoms. The Hall–Kier alpha value is -2.13. The minimum Gasteiger partial charge on any atom is -0.341 e. The summed E-state index contributed by atoms with van der Waals surface area (Å²) in [6.45, 7) is 1.16. The van der Waals surface area contributed by atoms with Gasteiger partial charge in [-0.2, -0.15) is 0 Å². The molecule has 0 amide bonds. The van der Waals surface area contributed by atoms with E-state index in [1.807, 2.05) is 6.20 Å². The number of imidazole rings is 1. The second-order valence-corrected chi connectivity index (χ2v) is 5.88. The van der Waals surface area contributed by atoms with Gasteiger partial charge in [-0.25, -0.2) is 4.98 Å². The van der Waals surface area contributed by atoms with Crippen molar-refractivity contribution in [1.29, 1.82) is 0 Å². The number of rotatable bonds is 2. The highest BCUT2D eigenvalue weighted by molar-refractivity contribution is 5.86. The second-order valence-electron chi connectivity index (χ2n) is 5.88. The van der Waals surface area contributed by atoms with Gasteiger partial charge in [0.15, 0.2) is 0 Å². The van der Waals surface area contributed by atoms with Gasteiger partial charge in [-0.15, -0.1) is 0 Å². The van der Waals surface area contributed by atoms with Crippen molar-refractivity contribution in [3.8, 4) is 11.3 Å². The van der Waals surface area contributed by atoms with Gasteiger partial charge in [-0.3, -0.25) is 4.90 Å². The Morgan fingerprint density at radius 3 is 2.81 bits per heavy atom. The molecule has 1 aliphatic heterocycles. The Morgan fingerprint density at radius 2 is 2.00 bits per heavy atom. The molecule has 3 heteroatoms. The lowest BCUT2D eigenvalue weighted by atomic mass is 10.1. The van der Waals surface area contributed by atoms with Crippen LogP contribution in [0.2, 0.25) is 0 Å². The predicted octanol–water partition coefficient (Wildman–Crippen LogP) is 4.00. The number of hydrogen-bond acceptors (Lipinski definition) is 2. The fraction of sp³-hybridized carbons (Fsp3) is 0.278. The molecular weight excluding hydrogens is 258 g/mol. The third-order valence-corrected chi connectivity index (χ3v) is 4.49. The largest absolute Gasteiger partial charge is 0.341 e. The van der Waals surface area contributed by atoms with E-state index in [1.165, 1.54) is 29.2 Å². The predicted molar refractivity (Wildman–Crippen MR) is 86.1 cm³/mol. The van der Waals surface area contributed by atoms with Crippen LogP contribution in [0.3, 0.4) is 0 Å². The van der Waals surface area contributed by atoms with E-state index in [-0.39, 0.29) is 0 Å². The summed E-state index contributed by atoms with van der Waals surface area (Å²) in [6, 6.07) is 15.5. The molecule has 21 heavy (non-hydrogen) atoms. The van der Waals surface area contributed by atoms with E-state index in [9.17, 15) is 0 Å². The summed E-state index contributed by atoms with van der Waals surface area (Å²) >= 11 is 0. The molecule has 3 nitrogen and oxygen atoms in total. The summed E-state index contributed by atoms with van der Waals surface area (Å²) < 4.78 is 0. The van der Waals surface area contributed by atoms with Crippen LogP contribution in [0.5, 0.6) is 0 Å². The lowest BCUT2D eigenvalue weighted by Gasteiger charge is -2.16. The van der Waals surface area contributed by atoms with Crippen LogP contribution in [0.15, 0.2) is 48.7 Å². The van der Waals surface area contributed by atoms with Gasteiger partial charge in [0.2, 0.25) is 0 Å². The van der Waals surface area contributed by atoms with Crippen molar-refractivity contribution in [2.45, 2.75) is 18.9 Å². The number of fused-ring (bicyclic) bond motifs is 1. The molecule has 1 saturated heterocycles. The summed E-state index contributed by atoms with van der Waals surface area (Å²) in [5.74, 6) is 1.10. The summed E-state index contributed by atoms with van der Waals surface area (Å²) in [6.07, 6.45) is 4.42. The fourth-order valence-corrected chi connectivity index (χ4v) is 3.27. The smallest absolute Gasteiger partial charge is 0.123 e. The van der Waals surface area contributed by atoms with Crippen molar-refractivity contribution < 1.29 is 0 Å². The van der Waals surface area contributed by atoms with Crippen LogP contribution in [0.1, 0.15) is 24.7 Å². The van der Waals surface area contributed by atoms with Gasteiger partial charge in [0.1, 0.15) is 5.82 Å². The molecular formula is C18H19N3. The zero-order valence-corrected chi connectivity index (χ0v) is 12.2. The maximum atomic E-state index is 4.61. The number of benzene rings is 2. The summed E-state index contributed by atoms with van der Waals surface area (Å²) in [4.78, 5) is 10.5. The van der Waals surface area contributed by atoms with Gasteiger partial charge in [-0.05, 0) is 43.3 Å². The summed E-state index contributed by atoms with van der Waals surface area (Å²) in [5.41, 5.74) is 2.31. The molecule has 1 fully saturated rings. The van der Waals surface area contributed by atoms with Gasteiger partial charge in [0, 0.05) is 5.56 Å².